The van der Waals surface area contributed by atoms with E-state index >= 15 is 0 Å². The fourth-order valence-electron chi connectivity index (χ4n) is 1.62. The monoisotopic (exact) mass is 181 g/mol. The number of hydrogen-bond acceptors (Lipinski definition) is 2. The molecule has 64 valence electrons. The number of rotatable bonds is 1. The topological polar surface area (TPSA) is 29.1 Å². The van der Waals surface area contributed by atoms with Crippen LogP contribution in [0.15, 0.2) is 22.8 Å². The summed E-state index contributed by atoms with van der Waals surface area (Å²) in [4.78, 5) is 12.3. The molecule has 0 bridgehead atoms. The molecule has 12 heavy (non-hydrogen) atoms. The molecule has 0 aromatic heterocycles. The van der Waals surface area contributed by atoms with Gasteiger partial charge in [-0.2, -0.15) is 0 Å². The quantitative estimate of drug-likeness (QED) is 0.666. The van der Waals surface area contributed by atoms with Crippen molar-refractivity contribution in [2.75, 3.05) is 6.26 Å². The van der Waals surface area contributed by atoms with Crippen LogP contribution in [0, 0.1) is 5.92 Å². The number of carbonyl (C=O) groups excluding carboxylic acids is 1. The Morgan fingerprint density at radius 1 is 1.67 bits per heavy atom. The molecule has 0 spiro atoms. The molecule has 1 atom stereocenters. The Labute approximate surface area is 76.1 Å². The highest BCUT2D eigenvalue weighted by Crippen LogP contribution is 2.32. The van der Waals surface area contributed by atoms with Crippen molar-refractivity contribution < 1.29 is 4.79 Å². The minimum absolute atomic E-state index is 0.169. The number of thioether (sulfide) groups is 1. The van der Waals surface area contributed by atoms with Crippen LogP contribution in [0.5, 0.6) is 0 Å². The predicted molar refractivity (Wildman–Crippen MR) is 50.5 cm³/mol. The molecule has 2 nitrogen and oxygen atoms in total. The Hall–Kier alpha value is -0.700. The van der Waals surface area contributed by atoms with Crippen LogP contribution in [-0.4, -0.2) is 12.2 Å². The number of hydrogen-bond donors (Lipinski definition) is 1. The van der Waals surface area contributed by atoms with Gasteiger partial charge in [0, 0.05) is 22.9 Å². The first-order valence-corrected chi connectivity index (χ1v) is 5.27. The van der Waals surface area contributed by atoms with Crippen LogP contribution in [0.3, 0.4) is 0 Å². The van der Waals surface area contributed by atoms with Crippen LogP contribution in [-0.2, 0) is 4.79 Å². The second kappa shape index (κ2) is 2.98. The third-order valence-electron chi connectivity index (χ3n) is 2.29. The van der Waals surface area contributed by atoms with E-state index in [1.165, 1.54) is 4.91 Å². The number of allylic oxidation sites excluding steroid dienone is 3. The van der Waals surface area contributed by atoms with E-state index in [1.807, 2.05) is 0 Å². The zero-order chi connectivity index (χ0) is 8.55. The fourth-order valence-corrected chi connectivity index (χ4v) is 2.13. The average Bonchev–Trinajstić information content (AvgIpc) is 2.43. The molecular weight excluding hydrogens is 170 g/mol. The second-order valence-electron chi connectivity index (χ2n) is 3.10. The minimum atomic E-state index is 0.169. The van der Waals surface area contributed by atoms with Crippen molar-refractivity contribution in [1.29, 1.82) is 0 Å². The molecule has 0 aromatic carbocycles. The van der Waals surface area contributed by atoms with Gasteiger partial charge in [0.2, 0.25) is 5.91 Å². The summed E-state index contributed by atoms with van der Waals surface area (Å²) in [6, 6.07) is 0. The number of fused-ring (bicyclic) bond motifs is 1. The van der Waals surface area contributed by atoms with Crippen LogP contribution < -0.4 is 5.32 Å². The molecule has 1 heterocycles. The summed E-state index contributed by atoms with van der Waals surface area (Å²) in [7, 11) is 0. The minimum Gasteiger partial charge on any atom is -0.329 e. The van der Waals surface area contributed by atoms with Crippen LogP contribution in [0.2, 0.25) is 0 Å². The van der Waals surface area contributed by atoms with Gasteiger partial charge < -0.3 is 5.32 Å². The normalized spacial score (nSPS) is 27.4. The lowest BCUT2D eigenvalue weighted by Crippen LogP contribution is -2.13. The van der Waals surface area contributed by atoms with E-state index < -0.39 is 0 Å². The van der Waals surface area contributed by atoms with Crippen molar-refractivity contribution in [1.82, 2.24) is 5.32 Å². The number of amides is 1. The molecule has 0 radical (unpaired) electrons. The van der Waals surface area contributed by atoms with Gasteiger partial charge in [-0.25, -0.2) is 0 Å². The second-order valence-corrected chi connectivity index (χ2v) is 3.97. The molecule has 2 aliphatic rings. The van der Waals surface area contributed by atoms with E-state index in [2.05, 4.69) is 23.7 Å². The molecule has 1 amide bonds. The maximum atomic E-state index is 11.0. The summed E-state index contributed by atoms with van der Waals surface area (Å²) < 4.78 is 0. The van der Waals surface area contributed by atoms with Gasteiger partial charge >= 0.3 is 0 Å². The molecule has 2 rings (SSSR count). The van der Waals surface area contributed by atoms with Gasteiger partial charge in [-0.3, -0.25) is 4.79 Å². The maximum absolute atomic E-state index is 11.0. The Morgan fingerprint density at radius 2 is 2.50 bits per heavy atom. The summed E-state index contributed by atoms with van der Waals surface area (Å²) in [5.74, 6) is 0.607. The highest BCUT2D eigenvalue weighted by Gasteiger charge is 2.27. The standard InChI is InChI=1S/C9H11NOS/c1-12-7-3-2-6-4-9(11)10-8(6)5-7/h3,5-6H,2,4H2,1H3,(H,10,11). The molecule has 1 saturated heterocycles. The lowest BCUT2D eigenvalue weighted by molar-refractivity contribution is -0.119. The lowest BCUT2D eigenvalue weighted by Gasteiger charge is -2.13. The third kappa shape index (κ3) is 1.29. The Morgan fingerprint density at radius 3 is 3.25 bits per heavy atom. The van der Waals surface area contributed by atoms with Gasteiger partial charge in [-0.1, -0.05) is 6.08 Å². The Balaban J connectivity index is 2.20. The summed E-state index contributed by atoms with van der Waals surface area (Å²) in [5, 5.41) is 2.89. The van der Waals surface area contributed by atoms with Gasteiger partial charge in [0.1, 0.15) is 0 Å². The van der Waals surface area contributed by atoms with Gasteiger partial charge in [-0.05, 0) is 18.8 Å². The van der Waals surface area contributed by atoms with Crippen LogP contribution in [0.1, 0.15) is 12.8 Å². The van der Waals surface area contributed by atoms with Crippen molar-refractivity contribution in [3.05, 3.63) is 22.8 Å². The van der Waals surface area contributed by atoms with Gasteiger partial charge in [0.25, 0.3) is 0 Å². The molecular formula is C9H11NOS. The molecule has 0 aromatic rings. The maximum Gasteiger partial charge on any atom is 0.224 e. The molecule has 1 unspecified atom stereocenters. The SMILES string of the molecule is CSC1=CCC2CC(=O)NC2=C1. The zero-order valence-corrected chi connectivity index (χ0v) is 7.78. The van der Waals surface area contributed by atoms with Crippen molar-refractivity contribution in [3.63, 3.8) is 0 Å². The number of carbonyl (C=O) groups is 1. The highest BCUT2D eigenvalue weighted by molar-refractivity contribution is 8.02. The molecule has 1 N–H and O–H groups in total. The smallest absolute Gasteiger partial charge is 0.224 e. The number of nitrogens with one attached hydrogen (secondary N) is 1. The third-order valence-corrected chi connectivity index (χ3v) is 3.05. The first-order valence-electron chi connectivity index (χ1n) is 4.05. The average molecular weight is 181 g/mol. The lowest BCUT2D eigenvalue weighted by atomic mass is 9.97. The van der Waals surface area contributed by atoms with E-state index in [0.29, 0.717) is 12.3 Å². The van der Waals surface area contributed by atoms with Gasteiger partial charge in [-0.15, -0.1) is 11.8 Å². The van der Waals surface area contributed by atoms with E-state index in [9.17, 15) is 4.79 Å². The zero-order valence-electron chi connectivity index (χ0n) is 6.96. The Kier molecular flexibility index (Phi) is 1.97. The van der Waals surface area contributed by atoms with Crippen molar-refractivity contribution in [3.8, 4) is 0 Å². The predicted octanol–water partition coefficient (Wildman–Crippen LogP) is 1.66. The van der Waals surface area contributed by atoms with Crippen LogP contribution in [0.4, 0.5) is 0 Å². The first-order chi connectivity index (χ1) is 5.79. The van der Waals surface area contributed by atoms with E-state index in [0.717, 1.165) is 12.1 Å². The molecule has 1 fully saturated rings. The summed E-state index contributed by atoms with van der Waals surface area (Å²) in [6.07, 6.45) is 8.04. The van der Waals surface area contributed by atoms with Crippen LogP contribution in [0.25, 0.3) is 0 Å². The molecule has 3 heteroatoms. The van der Waals surface area contributed by atoms with Crippen LogP contribution >= 0.6 is 11.8 Å². The van der Waals surface area contributed by atoms with E-state index in [4.69, 9.17) is 0 Å². The van der Waals surface area contributed by atoms with Crippen molar-refractivity contribution in [2.45, 2.75) is 12.8 Å². The van der Waals surface area contributed by atoms with Gasteiger partial charge in [0.15, 0.2) is 0 Å². The largest absolute Gasteiger partial charge is 0.329 e. The summed E-state index contributed by atoms with van der Waals surface area (Å²) in [6.45, 7) is 0. The Bertz CT molecular complexity index is 280. The van der Waals surface area contributed by atoms with Crippen molar-refractivity contribution >= 4 is 17.7 Å². The molecule has 1 aliphatic heterocycles. The molecule has 1 aliphatic carbocycles. The van der Waals surface area contributed by atoms with E-state index in [1.54, 1.807) is 11.8 Å². The van der Waals surface area contributed by atoms with Crippen molar-refractivity contribution in [2.24, 2.45) is 5.92 Å². The summed E-state index contributed by atoms with van der Waals surface area (Å²) >= 11 is 1.73. The first kappa shape index (κ1) is 7.92. The summed E-state index contributed by atoms with van der Waals surface area (Å²) in [5.41, 5.74) is 1.12. The van der Waals surface area contributed by atoms with Gasteiger partial charge in [0.05, 0.1) is 0 Å². The molecule has 0 saturated carbocycles. The fraction of sp³-hybridized carbons (Fsp3) is 0.444. The highest BCUT2D eigenvalue weighted by atomic mass is 32.2. The van der Waals surface area contributed by atoms with E-state index in [-0.39, 0.29) is 5.91 Å².